The van der Waals surface area contributed by atoms with Crippen molar-refractivity contribution < 1.29 is 22.7 Å². The number of aromatic nitrogens is 2. The number of fused-ring (bicyclic) bond motifs is 1. The number of nitrogens with zero attached hydrogens (tertiary/aromatic N) is 2. The number of carbonyl (C=O) groups excluding carboxylic acids is 1. The molecule has 1 heterocycles. The molecular weight excluding hydrogens is 449 g/mol. The fourth-order valence-electron chi connectivity index (χ4n) is 3.29. The van der Waals surface area contributed by atoms with Crippen molar-refractivity contribution in [3.63, 3.8) is 0 Å². The van der Waals surface area contributed by atoms with Gasteiger partial charge in [-0.15, -0.1) is 0 Å². The average Bonchev–Trinajstić information content (AvgIpc) is 2.78. The maximum atomic E-state index is 12.8. The van der Waals surface area contributed by atoms with Crippen LogP contribution < -0.4 is 20.9 Å². The van der Waals surface area contributed by atoms with Crippen LogP contribution in [-0.4, -0.2) is 15.6 Å². The normalized spacial score (nSPS) is 11.3. The zero-order valence-corrected chi connectivity index (χ0v) is 18.1. The summed E-state index contributed by atoms with van der Waals surface area (Å²) in [5.41, 5.74) is 0.630. The molecule has 174 valence electrons. The first-order valence-corrected chi connectivity index (χ1v) is 10.1. The third-order valence-electron chi connectivity index (χ3n) is 5.00. The molecule has 0 saturated carbocycles. The van der Waals surface area contributed by atoms with Gasteiger partial charge in [0.1, 0.15) is 11.5 Å². The summed E-state index contributed by atoms with van der Waals surface area (Å²) in [6.07, 6.45) is -3.06. The van der Waals surface area contributed by atoms with E-state index in [9.17, 15) is 22.8 Å². The number of ether oxygens (including phenoxy) is 1. The fraction of sp³-hybridized carbons (Fsp3) is 0.125. The minimum absolute atomic E-state index is 0.0148. The van der Waals surface area contributed by atoms with Gasteiger partial charge in [0, 0.05) is 18.4 Å². The van der Waals surface area contributed by atoms with Gasteiger partial charge in [0.15, 0.2) is 0 Å². The Kier molecular flexibility index (Phi) is 5.97. The molecule has 4 aromatic rings. The van der Waals surface area contributed by atoms with Gasteiger partial charge in [0.2, 0.25) is 0 Å². The van der Waals surface area contributed by atoms with Crippen molar-refractivity contribution in [1.29, 1.82) is 0 Å². The second kappa shape index (κ2) is 8.89. The van der Waals surface area contributed by atoms with Gasteiger partial charge in [-0.25, -0.2) is 9.78 Å². The highest BCUT2D eigenvalue weighted by atomic mass is 19.4. The van der Waals surface area contributed by atoms with Gasteiger partial charge >= 0.3 is 12.2 Å². The summed E-state index contributed by atoms with van der Waals surface area (Å²) in [5, 5.41) is 5.39. The fourth-order valence-corrected chi connectivity index (χ4v) is 3.29. The lowest BCUT2D eigenvalue weighted by atomic mass is 10.2. The van der Waals surface area contributed by atoms with E-state index in [1.165, 1.54) is 23.0 Å². The molecule has 0 unspecified atom stereocenters. The number of benzene rings is 3. The molecule has 1 aromatic heterocycles. The van der Waals surface area contributed by atoms with Crippen LogP contribution in [0.5, 0.6) is 11.5 Å². The lowest BCUT2D eigenvalue weighted by molar-refractivity contribution is -0.137. The Morgan fingerprint density at radius 2 is 1.74 bits per heavy atom. The number of aryl methyl sites for hydroxylation is 2. The van der Waals surface area contributed by atoms with Crippen LogP contribution >= 0.6 is 0 Å². The van der Waals surface area contributed by atoms with Crippen molar-refractivity contribution in [2.75, 3.05) is 10.6 Å². The second-order valence-electron chi connectivity index (χ2n) is 7.58. The van der Waals surface area contributed by atoms with Gasteiger partial charge in [-0.05, 0) is 67.1 Å². The van der Waals surface area contributed by atoms with Crippen LogP contribution in [0.25, 0.3) is 10.9 Å². The maximum Gasteiger partial charge on any atom is 0.416 e. The van der Waals surface area contributed by atoms with Crippen molar-refractivity contribution in [2.24, 2.45) is 7.05 Å². The number of carbonyl (C=O) groups is 1. The van der Waals surface area contributed by atoms with Crippen LogP contribution in [0.1, 0.15) is 11.1 Å². The molecule has 4 rings (SSSR count). The first kappa shape index (κ1) is 22.8. The van der Waals surface area contributed by atoms with E-state index >= 15 is 0 Å². The standard InChI is InChI=1S/C24H19F3N4O3/c1-14-10-17(30-23(33)29-16-5-3-4-15(11-16)24(25,26)27)6-9-21(14)34-18-7-8-20-19(12-18)22(32)31(2)13-28-20/h3-13H,1-2H3,(H2,29,30,33). The van der Waals surface area contributed by atoms with Crippen molar-refractivity contribution in [3.8, 4) is 11.5 Å². The Labute approximate surface area is 191 Å². The predicted octanol–water partition coefficient (Wildman–Crippen LogP) is 5.70. The van der Waals surface area contributed by atoms with Gasteiger partial charge < -0.3 is 19.9 Å². The summed E-state index contributed by atoms with van der Waals surface area (Å²) in [4.78, 5) is 28.8. The number of amides is 2. The zero-order chi connectivity index (χ0) is 24.5. The van der Waals surface area contributed by atoms with Crippen molar-refractivity contribution in [2.45, 2.75) is 13.1 Å². The molecule has 7 nitrogen and oxygen atoms in total. The van der Waals surface area contributed by atoms with E-state index in [1.54, 1.807) is 50.4 Å². The van der Waals surface area contributed by atoms with Gasteiger partial charge in [0.25, 0.3) is 5.56 Å². The number of anilines is 2. The number of rotatable bonds is 4. The Morgan fingerprint density at radius 3 is 2.44 bits per heavy atom. The largest absolute Gasteiger partial charge is 0.457 e. The van der Waals surface area contributed by atoms with E-state index in [0.29, 0.717) is 33.7 Å². The third kappa shape index (κ3) is 5.01. The van der Waals surface area contributed by atoms with E-state index in [0.717, 1.165) is 12.1 Å². The lowest BCUT2D eigenvalue weighted by Crippen LogP contribution is -2.19. The van der Waals surface area contributed by atoms with Crippen LogP contribution in [0.3, 0.4) is 0 Å². The summed E-state index contributed by atoms with van der Waals surface area (Å²) < 4.78 is 45.8. The molecule has 0 spiro atoms. The Bertz CT molecular complexity index is 1450. The smallest absolute Gasteiger partial charge is 0.416 e. The first-order chi connectivity index (χ1) is 16.1. The monoisotopic (exact) mass is 468 g/mol. The minimum atomic E-state index is -4.50. The molecule has 0 aliphatic heterocycles. The second-order valence-corrected chi connectivity index (χ2v) is 7.58. The Balaban J connectivity index is 1.46. The number of alkyl halides is 3. The van der Waals surface area contributed by atoms with Crippen molar-refractivity contribution >= 4 is 28.3 Å². The Hall–Kier alpha value is -4.34. The molecule has 10 heteroatoms. The van der Waals surface area contributed by atoms with Gasteiger partial charge in [-0.2, -0.15) is 13.2 Å². The van der Waals surface area contributed by atoms with Crippen LogP contribution in [-0.2, 0) is 13.2 Å². The highest BCUT2D eigenvalue weighted by Gasteiger charge is 2.30. The highest BCUT2D eigenvalue weighted by Crippen LogP contribution is 2.31. The molecule has 2 amide bonds. The summed E-state index contributed by atoms with van der Waals surface area (Å²) in [5.74, 6) is 0.951. The quantitative estimate of drug-likeness (QED) is 0.403. The first-order valence-electron chi connectivity index (χ1n) is 10.1. The minimum Gasteiger partial charge on any atom is -0.457 e. The van der Waals surface area contributed by atoms with Crippen molar-refractivity contribution in [3.05, 3.63) is 88.5 Å². The maximum absolute atomic E-state index is 12.8. The number of halogens is 3. The Morgan fingerprint density at radius 1 is 1.00 bits per heavy atom. The SMILES string of the molecule is Cc1cc(NC(=O)Nc2cccc(C(F)(F)F)c2)ccc1Oc1ccc2ncn(C)c(=O)c2c1. The summed E-state index contributed by atoms with van der Waals surface area (Å²) >= 11 is 0. The number of hydrogen-bond acceptors (Lipinski definition) is 4. The summed E-state index contributed by atoms with van der Waals surface area (Å²) in [6.45, 7) is 1.77. The molecule has 34 heavy (non-hydrogen) atoms. The van der Waals surface area contributed by atoms with Gasteiger partial charge in [-0.1, -0.05) is 6.07 Å². The van der Waals surface area contributed by atoms with E-state index in [2.05, 4.69) is 15.6 Å². The lowest BCUT2D eigenvalue weighted by Gasteiger charge is -2.13. The van der Waals surface area contributed by atoms with E-state index in [-0.39, 0.29) is 11.2 Å². The van der Waals surface area contributed by atoms with Crippen LogP contribution in [0, 0.1) is 6.92 Å². The molecule has 0 aliphatic carbocycles. The molecule has 0 saturated heterocycles. The van der Waals surface area contributed by atoms with Crippen LogP contribution in [0.4, 0.5) is 29.3 Å². The van der Waals surface area contributed by atoms with E-state index in [4.69, 9.17) is 4.74 Å². The predicted molar refractivity (Wildman–Crippen MR) is 122 cm³/mol. The van der Waals surface area contributed by atoms with Crippen LogP contribution in [0.15, 0.2) is 71.8 Å². The van der Waals surface area contributed by atoms with E-state index in [1.807, 2.05) is 0 Å². The topological polar surface area (TPSA) is 85.2 Å². The molecule has 2 N–H and O–H groups in total. The highest BCUT2D eigenvalue weighted by molar-refractivity contribution is 5.99. The number of nitrogens with one attached hydrogen (secondary N) is 2. The number of hydrogen-bond donors (Lipinski definition) is 2. The summed E-state index contributed by atoms with van der Waals surface area (Å²) in [6, 6.07) is 13.6. The van der Waals surface area contributed by atoms with Crippen molar-refractivity contribution in [1.82, 2.24) is 9.55 Å². The molecule has 0 aliphatic rings. The third-order valence-corrected chi connectivity index (χ3v) is 5.00. The summed E-state index contributed by atoms with van der Waals surface area (Å²) in [7, 11) is 1.61. The zero-order valence-electron chi connectivity index (χ0n) is 18.1. The number of urea groups is 1. The molecule has 3 aromatic carbocycles. The molecule has 0 atom stereocenters. The average molecular weight is 468 g/mol. The molecule has 0 fully saturated rings. The van der Waals surface area contributed by atoms with E-state index < -0.39 is 17.8 Å². The molecule has 0 bridgehead atoms. The molecule has 0 radical (unpaired) electrons. The van der Waals surface area contributed by atoms with Crippen LogP contribution in [0.2, 0.25) is 0 Å². The van der Waals surface area contributed by atoms with Gasteiger partial charge in [-0.3, -0.25) is 4.79 Å². The molecular formula is C24H19F3N4O3. The van der Waals surface area contributed by atoms with Gasteiger partial charge in [0.05, 0.1) is 22.8 Å².